The van der Waals surface area contributed by atoms with Crippen LogP contribution in [0.5, 0.6) is 0 Å². The van der Waals surface area contributed by atoms with Crippen LogP contribution in [0.25, 0.3) is 11.0 Å². The van der Waals surface area contributed by atoms with Crippen LogP contribution in [0, 0.1) is 0 Å². The van der Waals surface area contributed by atoms with Crippen molar-refractivity contribution in [3.05, 3.63) is 66.0 Å². The quantitative estimate of drug-likeness (QED) is 0.786. The van der Waals surface area contributed by atoms with Gasteiger partial charge in [-0.1, -0.05) is 42.5 Å². The van der Waals surface area contributed by atoms with E-state index in [1.807, 2.05) is 0 Å². The Bertz CT molecular complexity index is 839. The largest absolute Gasteiger partial charge is 0.341 e. The molecule has 26 heavy (non-hydrogen) atoms. The number of nitrogens with zero attached hydrogens (tertiary/aromatic N) is 3. The van der Waals surface area contributed by atoms with Gasteiger partial charge < -0.3 is 4.98 Å². The Labute approximate surface area is 154 Å². The zero-order chi connectivity index (χ0) is 17.3. The molecule has 0 amide bonds. The van der Waals surface area contributed by atoms with Crippen LogP contribution in [0.2, 0.25) is 0 Å². The number of hydrogen-bond donors (Lipinski definition) is 1. The molecule has 0 spiro atoms. The van der Waals surface area contributed by atoms with Gasteiger partial charge >= 0.3 is 0 Å². The van der Waals surface area contributed by atoms with Gasteiger partial charge in [0.25, 0.3) is 0 Å². The molecule has 0 saturated carbocycles. The molecule has 0 bridgehead atoms. The molecule has 3 aromatic rings. The summed E-state index contributed by atoms with van der Waals surface area (Å²) in [4.78, 5) is 13.7. The predicted molar refractivity (Wildman–Crippen MR) is 105 cm³/mol. The van der Waals surface area contributed by atoms with Gasteiger partial charge in [-0.2, -0.15) is 0 Å². The molecular weight excluding hydrogens is 320 g/mol. The van der Waals surface area contributed by atoms with Gasteiger partial charge in [-0.3, -0.25) is 9.80 Å². The lowest BCUT2D eigenvalue weighted by Gasteiger charge is -2.43. The number of fused-ring (bicyclic) bond motifs is 2. The molecule has 2 aliphatic rings. The third kappa shape index (κ3) is 3.15. The molecule has 2 aromatic carbocycles. The zero-order valence-electron chi connectivity index (χ0n) is 15.1. The summed E-state index contributed by atoms with van der Waals surface area (Å²) >= 11 is 0. The van der Waals surface area contributed by atoms with E-state index in [0.29, 0.717) is 6.04 Å². The van der Waals surface area contributed by atoms with E-state index in [-0.39, 0.29) is 0 Å². The van der Waals surface area contributed by atoms with E-state index < -0.39 is 0 Å². The second-order valence-electron chi connectivity index (χ2n) is 7.76. The first-order valence-corrected chi connectivity index (χ1v) is 9.81. The summed E-state index contributed by atoms with van der Waals surface area (Å²) in [6.45, 7) is 4.53. The number of hydrogen-bond acceptors (Lipinski definition) is 3. The van der Waals surface area contributed by atoms with Crippen LogP contribution in [0.1, 0.15) is 24.2 Å². The Kier molecular flexibility index (Phi) is 4.23. The maximum atomic E-state index is 4.82. The highest BCUT2D eigenvalue weighted by Crippen LogP contribution is 2.27. The number of para-hydroxylation sites is 2. The normalized spacial score (nSPS) is 24.2. The van der Waals surface area contributed by atoms with Gasteiger partial charge in [0.1, 0.15) is 5.82 Å². The molecule has 134 valence electrons. The molecule has 0 radical (unpaired) electrons. The van der Waals surface area contributed by atoms with Crippen LogP contribution in [-0.4, -0.2) is 51.5 Å². The highest BCUT2D eigenvalue weighted by Gasteiger charge is 2.36. The number of aromatic amines is 1. The van der Waals surface area contributed by atoms with Gasteiger partial charge in [-0.15, -0.1) is 0 Å². The first kappa shape index (κ1) is 16.0. The fourth-order valence-electron chi connectivity index (χ4n) is 4.69. The lowest BCUT2D eigenvalue weighted by molar-refractivity contribution is 0.0440. The van der Waals surface area contributed by atoms with Gasteiger partial charge in [0, 0.05) is 25.2 Å². The van der Waals surface area contributed by atoms with Crippen molar-refractivity contribution in [3.8, 4) is 0 Å². The van der Waals surface area contributed by atoms with Crippen molar-refractivity contribution in [1.29, 1.82) is 0 Å². The van der Waals surface area contributed by atoms with E-state index >= 15 is 0 Å². The van der Waals surface area contributed by atoms with Crippen molar-refractivity contribution in [2.45, 2.75) is 37.9 Å². The SMILES string of the molecule is c1ccc(C[C@@H]2CN3CCC[C@H]3CN2Cc2nc3ccccc3[nH]2)cc1. The van der Waals surface area contributed by atoms with Crippen LogP contribution >= 0.6 is 0 Å². The number of piperazine rings is 1. The standard InChI is InChI=1S/C22H26N4/c1-2-7-17(8-3-1)13-19-15-25-12-6-9-18(25)14-26(19)16-22-23-20-10-4-5-11-21(20)24-22/h1-5,7-8,10-11,18-19H,6,9,12-16H2,(H,23,24)/t18-,19+/m0/s1. The summed E-state index contributed by atoms with van der Waals surface area (Å²) in [6.07, 6.45) is 3.81. The zero-order valence-corrected chi connectivity index (χ0v) is 15.1. The number of aromatic nitrogens is 2. The molecule has 2 saturated heterocycles. The molecule has 4 heteroatoms. The first-order valence-electron chi connectivity index (χ1n) is 9.81. The van der Waals surface area contributed by atoms with Gasteiger partial charge in [0.15, 0.2) is 0 Å². The van der Waals surface area contributed by atoms with Gasteiger partial charge in [0.2, 0.25) is 0 Å². The second-order valence-corrected chi connectivity index (χ2v) is 7.76. The van der Waals surface area contributed by atoms with Crippen molar-refractivity contribution >= 4 is 11.0 Å². The van der Waals surface area contributed by atoms with Crippen LogP contribution in [-0.2, 0) is 13.0 Å². The van der Waals surface area contributed by atoms with Gasteiger partial charge in [0.05, 0.1) is 17.6 Å². The highest BCUT2D eigenvalue weighted by atomic mass is 15.3. The van der Waals surface area contributed by atoms with E-state index in [1.54, 1.807) is 0 Å². The van der Waals surface area contributed by atoms with Gasteiger partial charge in [-0.25, -0.2) is 4.98 Å². The summed E-state index contributed by atoms with van der Waals surface area (Å²) in [6, 6.07) is 20.5. The lowest BCUT2D eigenvalue weighted by atomic mass is 10.00. The van der Waals surface area contributed by atoms with Crippen LogP contribution in [0.3, 0.4) is 0 Å². The Balaban J connectivity index is 1.39. The number of rotatable bonds is 4. The van der Waals surface area contributed by atoms with E-state index in [9.17, 15) is 0 Å². The second kappa shape index (κ2) is 6.86. The monoisotopic (exact) mass is 346 g/mol. The number of benzene rings is 2. The number of nitrogens with one attached hydrogen (secondary N) is 1. The predicted octanol–water partition coefficient (Wildman–Crippen LogP) is 3.45. The molecule has 0 unspecified atom stereocenters. The molecule has 2 aliphatic heterocycles. The Morgan fingerprint density at radius 2 is 1.85 bits per heavy atom. The minimum absolute atomic E-state index is 0.556. The maximum Gasteiger partial charge on any atom is 0.121 e. The average molecular weight is 346 g/mol. The van der Waals surface area contributed by atoms with Crippen molar-refractivity contribution in [3.63, 3.8) is 0 Å². The molecule has 3 heterocycles. The van der Waals surface area contributed by atoms with Crippen LogP contribution < -0.4 is 0 Å². The average Bonchev–Trinajstić information content (AvgIpc) is 3.28. The molecule has 0 aliphatic carbocycles. The topological polar surface area (TPSA) is 35.2 Å². The maximum absolute atomic E-state index is 4.82. The smallest absolute Gasteiger partial charge is 0.121 e. The fourth-order valence-corrected chi connectivity index (χ4v) is 4.69. The van der Waals surface area contributed by atoms with Gasteiger partial charge in [-0.05, 0) is 43.5 Å². The van der Waals surface area contributed by atoms with E-state index in [1.165, 1.54) is 31.5 Å². The number of imidazole rings is 1. The van der Waals surface area contributed by atoms with Crippen LogP contribution in [0.15, 0.2) is 54.6 Å². The van der Waals surface area contributed by atoms with E-state index in [4.69, 9.17) is 4.98 Å². The molecule has 4 nitrogen and oxygen atoms in total. The van der Waals surface area contributed by atoms with E-state index in [0.717, 1.165) is 42.4 Å². The Morgan fingerprint density at radius 1 is 1.00 bits per heavy atom. The molecule has 1 aromatic heterocycles. The molecule has 1 N–H and O–H groups in total. The molecule has 5 rings (SSSR count). The van der Waals surface area contributed by atoms with Crippen molar-refractivity contribution in [2.24, 2.45) is 0 Å². The number of H-pyrrole nitrogens is 1. The summed E-state index contributed by atoms with van der Waals surface area (Å²) in [5.41, 5.74) is 3.65. The van der Waals surface area contributed by atoms with Crippen LogP contribution in [0.4, 0.5) is 0 Å². The Morgan fingerprint density at radius 3 is 2.73 bits per heavy atom. The third-order valence-corrected chi connectivity index (χ3v) is 6.01. The highest BCUT2D eigenvalue weighted by molar-refractivity contribution is 5.74. The summed E-state index contributed by atoms with van der Waals surface area (Å²) in [5, 5.41) is 0. The molecule has 2 fully saturated rings. The third-order valence-electron chi connectivity index (χ3n) is 6.01. The van der Waals surface area contributed by atoms with Crippen molar-refractivity contribution in [1.82, 2.24) is 19.8 Å². The minimum atomic E-state index is 0.556. The molecular formula is C22H26N4. The summed E-state index contributed by atoms with van der Waals surface area (Å²) in [7, 11) is 0. The first-order chi connectivity index (χ1) is 12.8. The minimum Gasteiger partial charge on any atom is -0.341 e. The molecule has 2 atom stereocenters. The fraction of sp³-hybridized carbons (Fsp3) is 0.409. The lowest BCUT2D eigenvalue weighted by Crippen LogP contribution is -2.56. The van der Waals surface area contributed by atoms with Crippen molar-refractivity contribution in [2.75, 3.05) is 19.6 Å². The van der Waals surface area contributed by atoms with Crippen molar-refractivity contribution < 1.29 is 0 Å². The summed E-state index contributed by atoms with van der Waals surface area (Å²) in [5.74, 6) is 1.09. The Hall–Kier alpha value is -2.17. The van der Waals surface area contributed by atoms with E-state index in [2.05, 4.69) is 69.4 Å². The summed E-state index contributed by atoms with van der Waals surface area (Å²) < 4.78 is 0.